The molecule has 0 saturated heterocycles. The van der Waals surface area contributed by atoms with Crippen molar-refractivity contribution in [3.05, 3.63) is 23.9 Å². The number of nitrogens with one attached hydrogen (secondary N) is 1. The number of pyridine rings is 1. The monoisotopic (exact) mass is 251 g/mol. The Morgan fingerprint density at radius 2 is 2.00 bits per heavy atom. The highest BCUT2D eigenvalue weighted by Gasteiger charge is 2.10. The van der Waals surface area contributed by atoms with E-state index < -0.39 is 0 Å². The van der Waals surface area contributed by atoms with Crippen LogP contribution in [0.1, 0.15) is 33.3 Å². The van der Waals surface area contributed by atoms with Gasteiger partial charge in [0.25, 0.3) is 0 Å². The molecule has 4 nitrogen and oxygen atoms in total. The molecule has 0 saturated carbocycles. The lowest BCUT2D eigenvalue weighted by Crippen LogP contribution is -2.34. The molecule has 1 aromatic heterocycles. The molecule has 0 amide bonds. The van der Waals surface area contributed by atoms with Gasteiger partial charge in [-0.25, -0.2) is 4.98 Å². The largest absolute Gasteiger partial charge is 0.395 e. The Labute approximate surface area is 110 Å². The van der Waals surface area contributed by atoms with Crippen molar-refractivity contribution in [2.45, 2.75) is 46.3 Å². The summed E-state index contributed by atoms with van der Waals surface area (Å²) >= 11 is 0. The number of nitrogens with zero attached hydrogens (tertiary/aromatic N) is 2. The normalized spacial score (nSPS) is 11.3. The number of anilines is 1. The third-order valence-corrected chi connectivity index (χ3v) is 2.78. The van der Waals surface area contributed by atoms with Crippen molar-refractivity contribution in [3.63, 3.8) is 0 Å². The van der Waals surface area contributed by atoms with Crippen LogP contribution in [-0.2, 0) is 6.54 Å². The Balaban J connectivity index is 2.68. The molecular formula is C14H25N3O. The summed E-state index contributed by atoms with van der Waals surface area (Å²) in [5, 5.41) is 12.4. The zero-order chi connectivity index (χ0) is 13.5. The third-order valence-electron chi connectivity index (χ3n) is 2.78. The average molecular weight is 251 g/mol. The van der Waals surface area contributed by atoms with Crippen LogP contribution in [0, 0.1) is 0 Å². The van der Waals surface area contributed by atoms with Gasteiger partial charge in [0.2, 0.25) is 0 Å². The van der Waals surface area contributed by atoms with Gasteiger partial charge < -0.3 is 15.3 Å². The molecule has 0 aliphatic carbocycles. The summed E-state index contributed by atoms with van der Waals surface area (Å²) in [4.78, 5) is 6.57. The van der Waals surface area contributed by atoms with Crippen LogP contribution < -0.4 is 10.2 Å². The molecule has 0 spiro atoms. The van der Waals surface area contributed by atoms with E-state index in [1.807, 2.05) is 12.3 Å². The predicted octanol–water partition coefficient (Wildman–Crippen LogP) is 1.79. The predicted molar refractivity (Wildman–Crippen MR) is 75.8 cm³/mol. The molecule has 0 aliphatic rings. The van der Waals surface area contributed by atoms with Gasteiger partial charge in [-0.05, 0) is 25.5 Å². The third kappa shape index (κ3) is 4.63. The van der Waals surface area contributed by atoms with Crippen LogP contribution in [0.2, 0.25) is 0 Å². The fraction of sp³-hybridized carbons (Fsp3) is 0.643. The number of aliphatic hydroxyl groups excluding tert-OH is 1. The zero-order valence-corrected chi connectivity index (χ0v) is 11.8. The van der Waals surface area contributed by atoms with E-state index in [-0.39, 0.29) is 6.61 Å². The number of rotatable bonds is 7. The van der Waals surface area contributed by atoms with Gasteiger partial charge in [0.15, 0.2) is 0 Å². The summed E-state index contributed by atoms with van der Waals surface area (Å²) in [6.07, 6.45) is 1.90. The van der Waals surface area contributed by atoms with Crippen LogP contribution in [0.15, 0.2) is 18.3 Å². The van der Waals surface area contributed by atoms with Crippen LogP contribution in [0.4, 0.5) is 5.82 Å². The highest BCUT2D eigenvalue weighted by atomic mass is 16.3. The van der Waals surface area contributed by atoms with Crippen LogP contribution in [-0.4, -0.2) is 35.3 Å². The Morgan fingerprint density at radius 1 is 1.28 bits per heavy atom. The van der Waals surface area contributed by atoms with Crippen LogP contribution in [0.3, 0.4) is 0 Å². The van der Waals surface area contributed by atoms with Crippen molar-refractivity contribution in [3.8, 4) is 0 Å². The molecule has 1 heterocycles. The first-order chi connectivity index (χ1) is 8.54. The molecule has 102 valence electrons. The maximum absolute atomic E-state index is 9.07. The summed E-state index contributed by atoms with van der Waals surface area (Å²) in [6.45, 7) is 10.1. The first-order valence-corrected chi connectivity index (χ1v) is 6.60. The standard InChI is InChI=1S/C14H25N3O/c1-11(2)15-9-13-5-6-14(16-10-13)17(7-8-18)12(3)4/h5-6,10-12,15,18H,7-9H2,1-4H3. The first-order valence-electron chi connectivity index (χ1n) is 6.60. The van der Waals surface area contributed by atoms with Gasteiger partial charge in [0, 0.05) is 31.4 Å². The molecule has 0 aromatic carbocycles. The lowest BCUT2D eigenvalue weighted by molar-refractivity contribution is 0.298. The van der Waals surface area contributed by atoms with E-state index in [4.69, 9.17) is 5.11 Å². The second-order valence-electron chi connectivity index (χ2n) is 5.07. The van der Waals surface area contributed by atoms with Gasteiger partial charge in [-0.1, -0.05) is 19.9 Å². The molecule has 0 unspecified atom stereocenters. The van der Waals surface area contributed by atoms with E-state index in [2.05, 4.69) is 49.0 Å². The van der Waals surface area contributed by atoms with E-state index in [1.165, 1.54) is 5.56 Å². The first kappa shape index (κ1) is 14.9. The van der Waals surface area contributed by atoms with Gasteiger partial charge in [-0.2, -0.15) is 0 Å². The Hall–Kier alpha value is -1.13. The topological polar surface area (TPSA) is 48.4 Å². The van der Waals surface area contributed by atoms with Crippen LogP contribution in [0.25, 0.3) is 0 Å². The minimum Gasteiger partial charge on any atom is -0.395 e. The molecule has 18 heavy (non-hydrogen) atoms. The fourth-order valence-corrected chi connectivity index (χ4v) is 1.76. The quantitative estimate of drug-likeness (QED) is 0.775. The van der Waals surface area contributed by atoms with Crippen molar-refractivity contribution in [1.82, 2.24) is 10.3 Å². The molecule has 2 N–H and O–H groups in total. The zero-order valence-electron chi connectivity index (χ0n) is 11.8. The molecule has 4 heteroatoms. The van der Waals surface area contributed by atoms with E-state index in [1.54, 1.807) is 0 Å². The Morgan fingerprint density at radius 3 is 2.44 bits per heavy atom. The van der Waals surface area contributed by atoms with Gasteiger partial charge >= 0.3 is 0 Å². The number of hydrogen-bond donors (Lipinski definition) is 2. The van der Waals surface area contributed by atoms with Crippen molar-refractivity contribution in [2.24, 2.45) is 0 Å². The second-order valence-corrected chi connectivity index (χ2v) is 5.07. The lowest BCUT2D eigenvalue weighted by atomic mass is 10.2. The van der Waals surface area contributed by atoms with E-state index >= 15 is 0 Å². The number of aromatic nitrogens is 1. The van der Waals surface area contributed by atoms with Gasteiger partial charge in [-0.3, -0.25) is 0 Å². The highest BCUT2D eigenvalue weighted by molar-refractivity contribution is 5.40. The summed E-state index contributed by atoms with van der Waals surface area (Å²) in [5.41, 5.74) is 1.18. The average Bonchev–Trinajstić information content (AvgIpc) is 2.34. The molecule has 0 aliphatic heterocycles. The number of aliphatic hydroxyl groups is 1. The molecule has 1 aromatic rings. The van der Waals surface area contributed by atoms with Crippen molar-refractivity contribution >= 4 is 5.82 Å². The van der Waals surface area contributed by atoms with E-state index in [0.717, 1.165) is 12.4 Å². The fourth-order valence-electron chi connectivity index (χ4n) is 1.76. The molecule has 0 fully saturated rings. The van der Waals surface area contributed by atoms with Gasteiger partial charge in [0.05, 0.1) is 6.61 Å². The minimum absolute atomic E-state index is 0.149. The molecule has 1 rings (SSSR count). The van der Waals surface area contributed by atoms with Crippen LogP contribution >= 0.6 is 0 Å². The summed E-state index contributed by atoms with van der Waals surface area (Å²) in [7, 11) is 0. The maximum atomic E-state index is 9.07. The summed E-state index contributed by atoms with van der Waals surface area (Å²) in [6, 6.07) is 4.92. The minimum atomic E-state index is 0.149. The van der Waals surface area contributed by atoms with E-state index in [0.29, 0.717) is 18.6 Å². The van der Waals surface area contributed by atoms with Crippen molar-refractivity contribution in [2.75, 3.05) is 18.1 Å². The Bertz CT molecular complexity index is 335. The maximum Gasteiger partial charge on any atom is 0.128 e. The SMILES string of the molecule is CC(C)NCc1ccc(N(CCO)C(C)C)nc1. The Kier molecular flexibility index (Phi) is 6.09. The molecule has 0 radical (unpaired) electrons. The smallest absolute Gasteiger partial charge is 0.128 e. The number of hydrogen-bond acceptors (Lipinski definition) is 4. The van der Waals surface area contributed by atoms with Crippen molar-refractivity contribution in [1.29, 1.82) is 0 Å². The molecule has 0 atom stereocenters. The van der Waals surface area contributed by atoms with E-state index in [9.17, 15) is 0 Å². The van der Waals surface area contributed by atoms with Crippen LogP contribution in [0.5, 0.6) is 0 Å². The summed E-state index contributed by atoms with van der Waals surface area (Å²) < 4.78 is 0. The highest BCUT2D eigenvalue weighted by Crippen LogP contribution is 2.14. The van der Waals surface area contributed by atoms with Crippen molar-refractivity contribution < 1.29 is 5.11 Å². The molecule has 0 bridgehead atoms. The summed E-state index contributed by atoms with van der Waals surface area (Å²) in [5.74, 6) is 0.923. The lowest BCUT2D eigenvalue weighted by Gasteiger charge is -2.27. The molecular weight excluding hydrogens is 226 g/mol. The second kappa shape index (κ2) is 7.34. The van der Waals surface area contributed by atoms with Gasteiger partial charge in [-0.15, -0.1) is 0 Å². The van der Waals surface area contributed by atoms with Gasteiger partial charge in [0.1, 0.15) is 5.82 Å².